The summed E-state index contributed by atoms with van der Waals surface area (Å²) < 4.78 is 16.1. The van der Waals surface area contributed by atoms with Gasteiger partial charge in [0.15, 0.2) is 5.76 Å². The highest BCUT2D eigenvalue weighted by atomic mass is 35.5. The second-order valence-corrected chi connectivity index (χ2v) is 6.13. The lowest BCUT2D eigenvalue weighted by molar-refractivity contribution is 0.0997. The lowest BCUT2D eigenvalue weighted by Gasteiger charge is -2.10. The summed E-state index contributed by atoms with van der Waals surface area (Å²) in [7, 11) is 3.07. The number of nitrogens with one attached hydrogen (secondary N) is 1. The van der Waals surface area contributed by atoms with Crippen LogP contribution in [-0.2, 0) is 0 Å². The summed E-state index contributed by atoms with van der Waals surface area (Å²) in [5, 5.41) is 3.61. The van der Waals surface area contributed by atoms with Crippen LogP contribution < -0.4 is 14.8 Å². The molecule has 0 saturated heterocycles. The molecule has 0 fully saturated rings. The number of benzene rings is 2. The minimum absolute atomic E-state index is 0.149. The van der Waals surface area contributed by atoms with E-state index in [4.69, 9.17) is 37.1 Å². The van der Waals surface area contributed by atoms with E-state index in [9.17, 15) is 4.79 Å². The summed E-state index contributed by atoms with van der Waals surface area (Å²) in [6.07, 6.45) is 0. The molecular weight excluding hydrogens is 377 g/mol. The Morgan fingerprint density at radius 1 is 0.962 bits per heavy atom. The molecule has 0 saturated carbocycles. The van der Waals surface area contributed by atoms with Gasteiger partial charge in [0.1, 0.15) is 17.3 Å². The molecule has 3 aromatic rings. The van der Waals surface area contributed by atoms with E-state index in [-0.39, 0.29) is 5.76 Å². The van der Waals surface area contributed by atoms with E-state index in [2.05, 4.69) is 5.32 Å². The number of carbonyl (C=O) groups is 1. The molecule has 0 aliphatic rings. The molecule has 7 heteroatoms. The van der Waals surface area contributed by atoms with Crippen molar-refractivity contribution in [1.29, 1.82) is 0 Å². The molecular formula is C19H15Cl2NO4. The van der Waals surface area contributed by atoms with Crippen LogP contribution in [0.2, 0.25) is 10.0 Å². The Balaban J connectivity index is 1.83. The molecule has 0 unspecified atom stereocenters. The summed E-state index contributed by atoms with van der Waals surface area (Å²) in [5.74, 6) is 1.34. The number of anilines is 1. The summed E-state index contributed by atoms with van der Waals surface area (Å²) in [5.41, 5.74) is 1.20. The van der Waals surface area contributed by atoms with Gasteiger partial charge < -0.3 is 19.2 Å². The first kappa shape index (κ1) is 18.2. The van der Waals surface area contributed by atoms with Gasteiger partial charge in [0.2, 0.25) is 0 Å². The topological polar surface area (TPSA) is 60.7 Å². The highest BCUT2D eigenvalue weighted by Crippen LogP contribution is 2.31. The normalized spacial score (nSPS) is 10.5. The second-order valence-electron chi connectivity index (χ2n) is 5.31. The predicted molar refractivity (Wildman–Crippen MR) is 102 cm³/mol. The summed E-state index contributed by atoms with van der Waals surface area (Å²) >= 11 is 11.9. The first-order chi connectivity index (χ1) is 12.5. The fourth-order valence-electron chi connectivity index (χ4n) is 2.36. The average molecular weight is 392 g/mol. The first-order valence-electron chi connectivity index (χ1n) is 7.60. The largest absolute Gasteiger partial charge is 0.497 e. The number of rotatable bonds is 5. The SMILES string of the molecule is COc1ccc(OC)c(NC(=O)c2ccc(-c3ccc(Cl)c(Cl)c3)o2)c1. The molecule has 0 bridgehead atoms. The molecule has 2 aromatic carbocycles. The van der Waals surface area contributed by atoms with Crippen LogP contribution in [0.5, 0.6) is 11.5 Å². The molecule has 5 nitrogen and oxygen atoms in total. The zero-order valence-corrected chi connectivity index (χ0v) is 15.5. The number of ether oxygens (including phenoxy) is 2. The fraction of sp³-hybridized carbons (Fsp3) is 0.105. The number of hydrogen-bond donors (Lipinski definition) is 1. The van der Waals surface area contributed by atoms with Gasteiger partial charge in [0, 0.05) is 11.6 Å². The van der Waals surface area contributed by atoms with E-state index < -0.39 is 5.91 Å². The maximum atomic E-state index is 12.5. The van der Waals surface area contributed by atoms with Crippen molar-refractivity contribution in [1.82, 2.24) is 0 Å². The number of methoxy groups -OCH3 is 2. The van der Waals surface area contributed by atoms with Crippen molar-refractivity contribution in [3.63, 3.8) is 0 Å². The molecule has 0 aliphatic heterocycles. The van der Waals surface area contributed by atoms with Crippen LogP contribution in [0.25, 0.3) is 11.3 Å². The lowest BCUT2D eigenvalue weighted by atomic mass is 10.2. The number of halogens is 2. The van der Waals surface area contributed by atoms with Crippen molar-refractivity contribution in [2.24, 2.45) is 0 Å². The summed E-state index contributed by atoms with van der Waals surface area (Å²) in [4.78, 5) is 12.5. The van der Waals surface area contributed by atoms with E-state index in [0.717, 1.165) is 5.56 Å². The van der Waals surface area contributed by atoms with Crippen LogP contribution in [0.3, 0.4) is 0 Å². The first-order valence-corrected chi connectivity index (χ1v) is 8.36. The maximum absolute atomic E-state index is 12.5. The molecule has 26 heavy (non-hydrogen) atoms. The van der Waals surface area contributed by atoms with Gasteiger partial charge in [0.25, 0.3) is 5.91 Å². The van der Waals surface area contributed by atoms with Crippen LogP contribution in [0.1, 0.15) is 10.6 Å². The Morgan fingerprint density at radius 2 is 1.77 bits per heavy atom. The van der Waals surface area contributed by atoms with E-state index in [1.807, 2.05) is 0 Å². The van der Waals surface area contributed by atoms with Crippen LogP contribution in [0, 0.1) is 0 Å². The van der Waals surface area contributed by atoms with Crippen molar-refractivity contribution in [3.05, 3.63) is 64.3 Å². The molecule has 0 spiro atoms. The molecule has 134 valence electrons. The standard InChI is InChI=1S/C19H15Cl2NO4/c1-24-12-4-6-17(25-2)15(10-12)22-19(23)18-8-7-16(26-18)11-3-5-13(20)14(21)9-11/h3-10H,1-2H3,(H,22,23). The van der Waals surface area contributed by atoms with Gasteiger partial charge in [-0.3, -0.25) is 4.79 Å². The van der Waals surface area contributed by atoms with Gasteiger partial charge in [-0.15, -0.1) is 0 Å². The highest BCUT2D eigenvalue weighted by molar-refractivity contribution is 6.42. The van der Waals surface area contributed by atoms with Crippen LogP contribution in [0.15, 0.2) is 52.9 Å². The predicted octanol–water partition coefficient (Wildman–Crippen LogP) is 5.52. The number of carbonyl (C=O) groups excluding carboxylic acids is 1. The van der Waals surface area contributed by atoms with Crippen molar-refractivity contribution in [2.75, 3.05) is 19.5 Å². The third-order valence-electron chi connectivity index (χ3n) is 3.69. The fourth-order valence-corrected chi connectivity index (χ4v) is 2.66. The Labute approximate surface area is 160 Å². The van der Waals surface area contributed by atoms with Gasteiger partial charge in [-0.05, 0) is 42.5 Å². The number of hydrogen-bond acceptors (Lipinski definition) is 4. The molecule has 3 rings (SSSR count). The van der Waals surface area contributed by atoms with E-state index in [0.29, 0.717) is 33.0 Å². The molecule has 1 amide bonds. The Kier molecular flexibility index (Phi) is 5.40. The molecule has 1 N–H and O–H groups in total. The maximum Gasteiger partial charge on any atom is 0.291 e. The number of amides is 1. The van der Waals surface area contributed by atoms with Crippen molar-refractivity contribution >= 4 is 34.8 Å². The monoisotopic (exact) mass is 391 g/mol. The van der Waals surface area contributed by atoms with Crippen molar-refractivity contribution in [2.45, 2.75) is 0 Å². The van der Waals surface area contributed by atoms with Crippen LogP contribution >= 0.6 is 23.2 Å². The van der Waals surface area contributed by atoms with Crippen molar-refractivity contribution in [3.8, 4) is 22.8 Å². The zero-order valence-electron chi connectivity index (χ0n) is 14.0. The Hall–Kier alpha value is -2.63. The van der Waals surface area contributed by atoms with Gasteiger partial charge in [0.05, 0.1) is 30.0 Å². The minimum Gasteiger partial charge on any atom is -0.497 e. The van der Waals surface area contributed by atoms with Crippen LogP contribution in [-0.4, -0.2) is 20.1 Å². The Morgan fingerprint density at radius 3 is 2.46 bits per heavy atom. The third kappa shape index (κ3) is 3.79. The van der Waals surface area contributed by atoms with E-state index in [1.165, 1.54) is 7.11 Å². The highest BCUT2D eigenvalue weighted by Gasteiger charge is 2.15. The summed E-state index contributed by atoms with van der Waals surface area (Å²) in [6.45, 7) is 0. The minimum atomic E-state index is -0.414. The third-order valence-corrected chi connectivity index (χ3v) is 4.43. The average Bonchev–Trinajstić information content (AvgIpc) is 3.14. The van der Waals surface area contributed by atoms with E-state index >= 15 is 0 Å². The lowest BCUT2D eigenvalue weighted by Crippen LogP contribution is -2.11. The quantitative estimate of drug-likeness (QED) is 0.621. The van der Waals surface area contributed by atoms with Gasteiger partial charge in [-0.25, -0.2) is 0 Å². The van der Waals surface area contributed by atoms with Crippen molar-refractivity contribution < 1.29 is 18.7 Å². The van der Waals surface area contributed by atoms with Crippen LogP contribution in [0.4, 0.5) is 5.69 Å². The second kappa shape index (κ2) is 7.72. The van der Waals surface area contributed by atoms with Gasteiger partial charge in [-0.2, -0.15) is 0 Å². The zero-order chi connectivity index (χ0) is 18.7. The molecule has 0 radical (unpaired) electrons. The molecule has 0 aliphatic carbocycles. The molecule has 0 atom stereocenters. The summed E-state index contributed by atoms with van der Waals surface area (Å²) in [6, 6.07) is 13.5. The van der Waals surface area contributed by atoms with E-state index in [1.54, 1.807) is 55.6 Å². The smallest absolute Gasteiger partial charge is 0.291 e. The van der Waals surface area contributed by atoms with Gasteiger partial charge >= 0.3 is 0 Å². The molecule has 1 heterocycles. The van der Waals surface area contributed by atoms with Gasteiger partial charge in [-0.1, -0.05) is 23.2 Å². The Bertz CT molecular complexity index is 952. The molecule has 1 aromatic heterocycles. The number of furan rings is 1.